The van der Waals surface area contributed by atoms with Crippen LogP contribution < -0.4 is 15.4 Å². The van der Waals surface area contributed by atoms with Gasteiger partial charge in [-0.1, -0.05) is 12.1 Å². The van der Waals surface area contributed by atoms with E-state index in [1.54, 1.807) is 33.2 Å². The highest BCUT2D eigenvalue weighted by molar-refractivity contribution is 5.82. The molecule has 1 amide bonds. The van der Waals surface area contributed by atoms with E-state index in [-0.39, 0.29) is 11.8 Å². The number of esters is 1. The van der Waals surface area contributed by atoms with Crippen molar-refractivity contribution in [1.29, 1.82) is 0 Å². The van der Waals surface area contributed by atoms with Crippen LogP contribution in [0.5, 0.6) is 5.88 Å². The number of carbonyl (C=O) groups is 2. The average molecular weight is 481 g/mol. The Bertz CT molecular complexity index is 1050. The Balaban J connectivity index is 1.34. The Morgan fingerprint density at radius 3 is 2.69 bits per heavy atom. The van der Waals surface area contributed by atoms with Gasteiger partial charge in [-0.15, -0.1) is 0 Å². The van der Waals surface area contributed by atoms with E-state index in [1.807, 2.05) is 6.07 Å². The number of amides is 1. The van der Waals surface area contributed by atoms with Crippen LogP contribution in [0.3, 0.4) is 0 Å². The molecule has 3 heterocycles. The molecule has 0 saturated heterocycles. The lowest BCUT2D eigenvalue weighted by Crippen LogP contribution is -2.47. The van der Waals surface area contributed by atoms with E-state index in [0.717, 1.165) is 62.1 Å². The lowest BCUT2D eigenvalue weighted by molar-refractivity contribution is -0.153. The van der Waals surface area contributed by atoms with Crippen LogP contribution in [0.4, 0.5) is 5.82 Å². The molecule has 1 unspecified atom stereocenters. The second-order valence-electron chi connectivity index (χ2n) is 10.2. The fourth-order valence-electron chi connectivity index (χ4n) is 5.05. The van der Waals surface area contributed by atoms with E-state index >= 15 is 0 Å². The highest BCUT2D eigenvalue weighted by Gasteiger charge is 2.42. The first kappa shape index (κ1) is 24.9. The van der Waals surface area contributed by atoms with Crippen molar-refractivity contribution in [3.63, 3.8) is 0 Å². The van der Waals surface area contributed by atoms with Crippen molar-refractivity contribution >= 4 is 17.7 Å². The molecule has 2 N–H and O–H groups in total. The molecular formula is C27H36N4O4. The Hall–Kier alpha value is -3.16. The fraction of sp³-hybridized carbons (Fsp3) is 0.556. The largest absolute Gasteiger partial charge is 0.481 e. The van der Waals surface area contributed by atoms with Gasteiger partial charge in [0.1, 0.15) is 5.82 Å². The predicted molar refractivity (Wildman–Crippen MR) is 133 cm³/mol. The molecule has 1 fully saturated rings. The van der Waals surface area contributed by atoms with Crippen LogP contribution in [-0.4, -0.2) is 42.6 Å². The van der Waals surface area contributed by atoms with Crippen molar-refractivity contribution in [3.8, 4) is 5.88 Å². The van der Waals surface area contributed by atoms with Gasteiger partial charge in [-0.2, -0.15) is 0 Å². The first-order valence-corrected chi connectivity index (χ1v) is 12.4. The zero-order valence-corrected chi connectivity index (χ0v) is 21.1. The van der Waals surface area contributed by atoms with Gasteiger partial charge in [-0.3, -0.25) is 9.59 Å². The van der Waals surface area contributed by atoms with Crippen LogP contribution in [0.25, 0.3) is 0 Å². The first-order chi connectivity index (χ1) is 16.8. The van der Waals surface area contributed by atoms with Gasteiger partial charge in [0.05, 0.1) is 25.7 Å². The fourth-order valence-corrected chi connectivity index (χ4v) is 5.05. The number of nitrogens with zero attached hydrogens (tertiary/aromatic N) is 2. The van der Waals surface area contributed by atoms with Gasteiger partial charge in [-0.05, 0) is 75.5 Å². The topological polar surface area (TPSA) is 102 Å². The van der Waals surface area contributed by atoms with Crippen molar-refractivity contribution in [2.75, 3.05) is 26.1 Å². The molecule has 8 heteroatoms. The summed E-state index contributed by atoms with van der Waals surface area (Å²) in [5, 5.41) is 6.51. The molecule has 1 atom stereocenters. The molecule has 8 nitrogen and oxygen atoms in total. The van der Waals surface area contributed by atoms with Crippen molar-refractivity contribution in [2.45, 2.75) is 58.4 Å². The van der Waals surface area contributed by atoms with E-state index in [0.29, 0.717) is 11.8 Å². The molecule has 0 spiro atoms. The van der Waals surface area contributed by atoms with Gasteiger partial charge in [-0.25, -0.2) is 9.97 Å². The van der Waals surface area contributed by atoms with Gasteiger partial charge >= 0.3 is 5.97 Å². The maximum absolute atomic E-state index is 13.1. The molecule has 0 aromatic carbocycles. The summed E-state index contributed by atoms with van der Waals surface area (Å²) < 4.78 is 10.2. The van der Waals surface area contributed by atoms with E-state index < -0.39 is 17.4 Å². The minimum absolute atomic E-state index is 0.0323. The molecule has 2 aliphatic rings. The summed E-state index contributed by atoms with van der Waals surface area (Å²) in [6.07, 6.45) is 7.53. The van der Waals surface area contributed by atoms with E-state index in [9.17, 15) is 9.59 Å². The number of hydrogen-bond donors (Lipinski definition) is 2. The van der Waals surface area contributed by atoms with Crippen molar-refractivity contribution in [2.24, 2.45) is 17.3 Å². The maximum Gasteiger partial charge on any atom is 0.313 e. The van der Waals surface area contributed by atoms with Gasteiger partial charge in [0.15, 0.2) is 0 Å². The normalized spacial score (nSPS) is 20.0. The Morgan fingerprint density at radius 2 is 2.00 bits per heavy atom. The summed E-state index contributed by atoms with van der Waals surface area (Å²) in [5.74, 6) is 1.53. The van der Waals surface area contributed by atoms with Gasteiger partial charge in [0.2, 0.25) is 11.8 Å². The number of carbonyl (C=O) groups excluding carboxylic acids is 2. The molecule has 1 saturated carbocycles. The number of rotatable bonds is 9. The number of anilines is 1. The number of aromatic nitrogens is 2. The maximum atomic E-state index is 13.1. The van der Waals surface area contributed by atoms with Gasteiger partial charge in [0.25, 0.3) is 0 Å². The standard InChI is InChI=1S/C27H36N4O4/c1-27(2,26(33)35-4)23(19-9-12-22(34-3)29-16-19)31-25(32)20-14-17(15-20)7-10-21-11-8-18-6-5-13-28-24(18)30-21/h8-9,11-12,16-17,20,23H,5-7,10,13-15H2,1-4H3,(H,28,30)(H,31,32). The lowest BCUT2D eigenvalue weighted by Gasteiger charge is -2.38. The Kier molecular flexibility index (Phi) is 7.57. The first-order valence-electron chi connectivity index (χ1n) is 12.4. The van der Waals surface area contributed by atoms with Crippen molar-refractivity contribution in [3.05, 3.63) is 47.3 Å². The number of pyridine rings is 2. The van der Waals surface area contributed by atoms with Gasteiger partial charge < -0.3 is 20.1 Å². The number of ether oxygens (including phenoxy) is 2. The monoisotopic (exact) mass is 480 g/mol. The molecule has 188 valence electrons. The zero-order valence-electron chi connectivity index (χ0n) is 21.1. The summed E-state index contributed by atoms with van der Waals surface area (Å²) in [5.41, 5.74) is 2.18. The van der Waals surface area contributed by atoms with E-state index in [2.05, 4.69) is 27.8 Å². The van der Waals surface area contributed by atoms with Crippen LogP contribution in [0.15, 0.2) is 30.5 Å². The van der Waals surface area contributed by atoms with Crippen LogP contribution in [0.1, 0.15) is 62.4 Å². The highest BCUT2D eigenvalue weighted by Crippen LogP contribution is 2.40. The third kappa shape index (κ3) is 5.57. The highest BCUT2D eigenvalue weighted by atomic mass is 16.5. The molecule has 35 heavy (non-hydrogen) atoms. The summed E-state index contributed by atoms with van der Waals surface area (Å²) >= 11 is 0. The quantitative estimate of drug-likeness (QED) is 0.526. The van der Waals surface area contributed by atoms with Crippen LogP contribution in [0.2, 0.25) is 0 Å². The zero-order chi connectivity index (χ0) is 25.0. The molecule has 0 radical (unpaired) electrons. The molecule has 2 aromatic heterocycles. The van der Waals surface area contributed by atoms with Crippen LogP contribution in [-0.2, 0) is 27.2 Å². The predicted octanol–water partition coefficient (Wildman–Crippen LogP) is 3.86. The molecular weight excluding hydrogens is 444 g/mol. The number of methoxy groups -OCH3 is 2. The van der Waals surface area contributed by atoms with Crippen molar-refractivity contribution in [1.82, 2.24) is 15.3 Å². The molecule has 0 bridgehead atoms. The Morgan fingerprint density at radius 1 is 1.20 bits per heavy atom. The summed E-state index contributed by atoms with van der Waals surface area (Å²) in [6, 6.07) is 7.32. The summed E-state index contributed by atoms with van der Waals surface area (Å²) in [4.78, 5) is 34.7. The second kappa shape index (κ2) is 10.6. The minimum Gasteiger partial charge on any atom is -0.481 e. The smallest absolute Gasteiger partial charge is 0.313 e. The molecule has 4 rings (SSSR count). The second-order valence-corrected chi connectivity index (χ2v) is 10.2. The minimum atomic E-state index is -0.962. The third-order valence-electron chi connectivity index (χ3n) is 7.39. The third-order valence-corrected chi connectivity index (χ3v) is 7.39. The van der Waals surface area contributed by atoms with Crippen LogP contribution >= 0.6 is 0 Å². The number of nitrogens with one attached hydrogen (secondary N) is 2. The Labute approximate surface area is 207 Å². The van der Waals surface area contributed by atoms with Crippen molar-refractivity contribution < 1.29 is 19.1 Å². The summed E-state index contributed by atoms with van der Waals surface area (Å²) in [7, 11) is 2.91. The van der Waals surface area contributed by atoms with Gasteiger partial charge in [0, 0.05) is 30.4 Å². The molecule has 1 aliphatic carbocycles. The number of aryl methyl sites for hydroxylation is 2. The van der Waals surface area contributed by atoms with Crippen LogP contribution in [0, 0.1) is 17.3 Å². The van der Waals surface area contributed by atoms with E-state index in [4.69, 9.17) is 14.5 Å². The van der Waals surface area contributed by atoms with E-state index in [1.165, 1.54) is 12.7 Å². The molecule has 2 aromatic rings. The average Bonchev–Trinajstić information content (AvgIpc) is 2.85. The number of fused-ring (bicyclic) bond motifs is 1. The lowest BCUT2D eigenvalue weighted by atomic mass is 9.71. The number of hydrogen-bond acceptors (Lipinski definition) is 7. The summed E-state index contributed by atoms with van der Waals surface area (Å²) in [6.45, 7) is 4.54. The molecule has 1 aliphatic heterocycles. The SMILES string of the molecule is COC(=O)C(C)(C)C(NC(=O)C1CC(CCc2ccc3c(n2)NCCC3)C1)c1ccc(OC)nc1.